The molecule has 0 aliphatic carbocycles. The van der Waals surface area contributed by atoms with E-state index < -0.39 is 0 Å². The second-order valence-corrected chi connectivity index (χ2v) is 6.75. The number of aromatic amines is 1. The van der Waals surface area contributed by atoms with Crippen LogP contribution < -0.4 is 0 Å². The molecule has 3 rings (SSSR count). The van der Waals surface area contributed by atoms with Gasteiger partial charge in [0.15, 0.2) is 5.69 Å². The summed E-state index contributed by atoms with van der Waals surface area (Å²) in [5, 5.41) is 7.02. The molecule has 2 heterocycles. The molecule has 0 saturated heterocycles. The van der Waals surface area contributed by atoms with Gasteiger partial charge >= 0.3 is 0 Å². The third-order valence-corrected chi connectivity index (χ3v) is 5.05. The molecule has 1 aromatic carbocycles. The molecule has 25 heavy (non-hydrogen) atoms. The third-order valence-electron chi connectivity index (χ3n) is 4.08. The summed E-state index contributed by atoms with van der Waals surface area (Å²) in [6.45, 7) is 4.91. The number of carbonyl (C=O) groups is 1. The molecule has 0 bridgehead atoms. The van der Waals surface area contributed by atoms with Gasteiger partial charge in [0.1, 0.15) is 0 Å². The smallest absolute Gasteiger partial charge is 0.276 e. The van der Waals surface area contributed by atoms with Crippen LogP contribution in [0.4, 0.5) is 0 Å². The molecule has 0 atom stereocenters. The topological polar surface area (TPSA) is 61.9 Å². The molecule has 0 saturated carbocycles. The van der Waals surface area contributed by atoms with Gasteiger partial charge in [-0.05, 0) is 52.5 Å². The molecule has 2 aromatic heterocycles. The number of pyridine rings is 1. The molecule has 0 aliphatic heterocycles. The van der Waals surface area contributed by atoms with E-state index in [1.165, 1.54) is 0 Å². The molecule has 128 valence electrons. The Morgan fingerprint density at radius 3 is 2.60 bits per heavy atom. The Labute approximate surface area is 155 Å². The van der Waals surface area contributed by atoms with Crippen LogP contribution in [0.3, 0.4) is 0 Å². The Hall–Kier alpha value is -2.47. The molecular weight excluding hydrogens is 380 g/mol. The summed E-state index contributed by atoms with van der Waals surface area (Å²) < 4.78 is 0.707. The number of benzene rings is 1. The van der Waals surface area contributed by atoms with Crippen LogP contribution in [0.2, 0.25) is 0 Å². The van der Waals surface area contributed by atoms with Crippen molar-refractivity contribution in [1.29, 1.82) is 0 Å². The first-order chi connectivity index (χ1) is 12.1. The molecule has 0 fully saturated rings. The minimum Gasteiger partial charge on any atom is -0.328 e. The molecule has 1 amide bonds. The van der Waals surface area contributed by atoms with Gasteiger partial charge in [-0.2, -0.15) is 5.10 Å². The molecule has 0 unspecified atom stereocenters. The van der Waals surface area contributed by atoms with Gasteiger partial charge in [0.05, 0.1) is 4.47 Å². The standard InChI is InChI=1S/C19H19BrN4O/c1-13-6-3-4-8-16(13)12-24(11-15-7-5-9-21-10-15)19(25)18-17(20)14(2)22-23-18/h3-10H,11-12H2,1-2H3,(H,22,23). The lowest BCUT2D eigenvalue weighted by Gasteiger charge is -2.23. The average Bonchev–Trinajstić information content (AvgIpc) is 2.95. The second-order valence-electron chi connectivity index (χ2n) is 5.96. The fraction of sp³-hybridized carbons (Fsp3) is 0.211. The zero-order valence-electron chi connectivity index (χ0n) is 14.2. The monoisotopic (exact) mass is 398 g/mol. The quantitative estimate of drug-likeness (QED) is 0.705. The van der Waals surface area contributed by atoms with E-state index in [1.807, 2.05) is 37.3 Å². The van der Waals surface area contributed by atoms with Crippen molar-refractivity contribution in [2.24, 2.45) is 0 Å². The Kier molecular flexibility index (Phi) is 5.28. The normalized spacial score (nSPS) is 10.7. The molecule has 5 nitrogen and oxygen atoms in total. The van der Waals surface area contributed by atoms with Gasteiger partial charge in [-0.15, -0.1) is 0 Å². The lowest BCUT2D eigenvalue weighted by Crippen LogP contribution is -2.31. The first kappa shape index (κ1) is 17.4. The summed E-state index contributed by atoms with van der Waals surface area (Å²) in [7, 11) is 0. The lowest BCUT2D eigenvalue weighted by molar-refractivity contribution is 0.0722. The van der Waals surface area contributed by atoms with E-state index in [0.717, 1.165) is 22.4 Å². The van der Waals surface area contributed by atoms with Crippen molar-refractivity contribution in [3.05, 3.63) is 81.3 Å². The van der Waals surface area contributed by atoms with E-state index in [0.29, 0.717) is 23.3 Å². The van der Waals surface area contributed by atoms with E-state index in [-0.39, 0.29) is 5.91 Å². The Morgan fingerprint density at radius 2 is 1.96 bits per heavy atom. The summed E-state index contributed by atoms with van der Waals surface area (Å²) in [5.74, 6) is -0.122. The van der Waals surface area contributed by atoms with E-state index in [1.54, 1.807) is 17.3 Å². The van der Waals surface area contributed by atoms with Crippen molar-refractivity contribution >= 4 is 21.8 Å². The number of aryl methyl sites for hydroxylation is 2. The molecule has 0 radical (unpaired) electrons. The van der Waals surface area contributed by atoms with Gasteiger partial charge in [0.2, 0.25) is 0 Å². The first-order valence-corrected chi connectivity index (χ1v) is 8.78. The fourth-order valence-corrected chi connectivity index (χ4v) is 2.96. The van der Waals surface area contributed by atoms with Gasteiger partial charge in [0, 0.05) is 31.2 Å². The summed E-state index contributed by atoms with van der Waals surface area (Å²) in [5.41, 5.74) is 4.48. The molecule has 6 heteroatoms. The van der Waals surface area contributed by atoms with Crippen molar-refractivity contribution in [3.8, 4) is 0 Å². The zero-order chi connectivity index (χ0) is 17.8. The number of amides is 1. The third kappa shape index (κ3) is 3.96. The molecule has 1 N–H and O–H groups in total. The van der Waals surface area contributed by atoms with Crippen LogP contribution in [-0.2, 0) is 13.1 Å². The van der Waals surface area contributed by atoms with Crippen LogP contribution in [0.25, 0.3) is 0 Å². The number of aromatic nitrogens is 3. The number of halogens is 1. The van der Waals surface area contributed by atoms with Gasteiger partial charge in [-0.25, -0.2) is 0 Å². The number of nitrogens with zero attached hydrogens (tertiary/aromatic N) is 3. The predicted octanol–water partition coefficient (Wildman–Crippen LogP) is 4.03. The van der Waals surface area contributed by atoms with Crippen LogP contribution in [0.1, 0.15) is 32.9 Å². The highest BCUT2D eigenvalue weighted by Gasteiger charge is 2.23. The summed E-state index contributed by atoms with van der Waals surface area (Å²) >= 11 is 3.45. The van der Waals surface area contributed by atoms with Gasteiger partial charge in [-0.1, -0.05) is 30.3 Å². The Balaban J connectivity index is 1.92. The van der Waals surface area contributed by atoms with Crippen molar-refractivity contribution in [2.75, 3.05) is 0 Å². The van der Waals surface area contributed by atoms with Gasteiger partial charge in [0.25, 0.3) is 5.91 Å². The van der Waals surface area contributed by atoms with Crippen LogP contribution >= 0.6 is 15.9 Å². The van der Waals surface area contributed by atoms with Crippen molar-refractivity contribution in [2.45, 2.75) is 26.9 Å². The van der Waals surface area contributed by atoms with Crippen LogP contribution in [0.5, 0.6) is 0 Å². The summed E-state index contributed by atoms with van der Waals surface area (Å²) in [6, 6.07) is 11.9. The summed E-state index contributed by atoms with van der Waals surface area (Å²) in [4.78, 5) is 19.0. The molecule has 0 spiro atoms. The van der Waals surface area contributed by atoms with E-state index in [2.05, 4.69) is 44.1 Å². The lowest BCUT2D eigenvalue weighted by atomic mass is 10.1. The fourth-order valence-electron chi connectivity index (χ4n) is 2.61. The second kappa shape index (κ2) is 7.61. The Bertz CT molecular complexity index is 876. The number of rotatable bonds is 5. The molecule has 0 aliphatic rings. The largest absolute Gasteiger partial charge is 0.328 e. The summed E-state index contributed by atoms with van der Waals surface area (Å²) in [6.07, 6.45) is 3.51. The van der Waals surface area contributed by atoms with Crippen LogP contribution in [0.15, 0.2) is 53.3 Å². The zero-order valence-corrected chi connectivity index (χ0v) is 15.7. The predicted molar refractivity (Wildman–Crippen MR) is 100 cm³/mol. The maximum absolute atomic E-state index is 13.1. The maximum Gasteiger partial charge on any atom is 0.276 e. The minimum absolute atomic E-state index is 0.122. The van der Waals surface area contributed by atoms with E-state index >= 15 is 0 Å². The average molecular weight is 399 g/mol. The van der Waals surface area contributed by atoms with E-state index in [9.17, 15) is 4.79 Å². The Morgan fingerprint density at radius 1 is 1.16 bits per heavy atom. The number of H-pyrrole nitrogens is 1. The highest BCUT2D eigenvalue weighted by atomic mass is 79.9. The van der Waals surface area contributed by atoms with Crippen LogP contribution in [-0.4, -0.2) is 26.0 Å². The highest BCUT2D eigenvalue weighted by Crippen LogP contribution is 2.22. The van der Waals surface area contributed by atoms with Gasteiger partial charge < -0.3 is 4.90 Å². The minimum atomic E-state index is -0.122. The van der Waals surface area contributed by atoms with Crippen LogP contribution in [0, 0.1) is 13.8 Å². The number of carbonyl (C=O) groups excluding carboxylic acids is 1. The SMILES string of the molecule is Cc1ccccc1CN(Cc1cccnc1)C(=O)c1n[nH]c(C)c1Br. The highest BCUT2D eigenvalue weighted by molar-refractivity contribution is 9.10. The molecular formula is C19H19BrN4O. The van der Waals surface area contributed by atoms with Crippen molar-refractivity contribution in [3.63, 3.8) is 0 Å². The van der Waals surface area contributed by atoms with E-state index in [4.69, 9.17) is 0 Å². The van der Waals surface area contributed by atoms with Crippen molar-refractivity contribution in [1.82, 2.24) is 20.1 Å². The number of hydrogen-bond donors (Lipinski definition) is 1. The number of nitrogens with one attached hydrogen (secondary N) is 1. The van der Waals surface area contributed by atoms with Crippen molar-refractivity contribution < 1.29 is 4.79 Å². The maximum atomic E-state index is 13.1. The van der Waals surface area contributed by atoms with Gasteiger partial charge in [-0.3, -0.25) is 14.9 Å². The first-order valence-electron chi connectivity index (χ1n) is 7.99. The number of hydrogen-bond acceptors (Lipinski definition) is 3. The molecule has 3 aromatic rings.